The molecular formula is C14H21FN2O3S. The van der Waals surface area contributed by atoms with Crippen LogP contribution < -0.4 is 15.2 Å². The fraction of sp³-hybridized carbons (Fsp3) is 0.571. The summed E-state index contributed by atoms with van der Waals surface area (Å²) >= 11 is 0. The van der Waals surface area contributed by atoms with Crippen molar-refractivity contribution < 1.29 is 17.5 Å². The highest BCUT2D eigenvalue weighted by molar-refractivity contribution is 7.89. The van der Waals surface area contributed by atoms with Crippen molar-refractivity contribution in [2.45, 2.75) is 49.5 Å². The van der Waals surface area contributed by atoms with Crippen molar-refractivity contribution in [2.75, 3.05) is 12.8 Å². The van der Waals surface area contributed by atoms with Crippen LogP contribution in [0, 0.1) is 5.82 Å². The van der Waals surface area contributed by atoms with Crippen LogP contribution in [0.4, 0.5) is 10.1 Å². The molecule has 118 valence electrons. The van der Waals surface area contributed by atoms with E-state index in [0.717, 1.165) is 44.6 Å². The molecule has 0 bridgehead atoms. The second kappa shape index (κ2) is 6.62. The Morgan fingerprint density at radius 3 is 2.38 bits per heavy atom. The summed E-state index contributed by atoms with van der Waals surface area (Å²) in [6.45, 7) is 0. The molecule has 1 aromatic carbocycles. The number of halogens is 1. The molecule has 2 rings (SSSR count). The molecule has 1 aliphatic carbocycles. The zero-order valence-corrected chi connectivity index (χ0v) is 12.9. The van der Waals surface area contributed by atoms with Gasteiger partial charge in [-0.2, -0.15) is 0 Å². The lowest BCUT2D eigenvalue weighted by Gasteiger charge is -2.17. The van der Waals surface area contributed by atoms with Crippen LogP contribution >= 0.6 is 0 Å². The van der Waals surface area contributed by atoms with E-state index in [0.29, 0.717) is 0 Å². The van der Waals surface area contributed by atoms with Gasteiger partial charge in [0.15, 0.2) is 11.6 Å². The van der Waals surface area contributed by atoms with E-state index in [1.165, 1.54) is 13.2 Å². The number of hydrogen-bond donors (Lipinski definition) is 2. The van der Waals surface area contributed by atoms with Crippen molar-refractivity contribution in [3.05, 3.63) is 17.9 Å². The number of hydrogen-bond acceptors (Lipinski definition) is 4. The quantitative estimate of drug-likeness (QED) is 0.660. The molecule has 0 radical (unpaired) electrons. The van der Waals surface area contributed by atoms with Crippen LogP contribution in [0.2, 0.25) is 0 Å². The number of ether oxygens (including phenoxy) is 1. The molecular weight excluding hydrogens is 295 g/mol. The lowest BCUT2D eigenvalue weighted by Crippen LogP contribution is -2.34. The summed E-state index contributed by atoms with van der Waals surface area (Å²) < 4.78 is 45.9. The van der Waals surface area contributed by atoms with Gasteiger partial charge in [-0.15, -0.1) is 0 Å². The van der Waals surface area contributed by atoms with Gasteiger partial charge in [0.1, 0.15) is 0 Å². The monoisotopic (exact) mass is 316 g/mol. The standard InChI is InChI=1S/C14H21FN2O3S/c1-20-14-12(15)8-11(9-13(14)16)21(18,19)17-10-6-4-2-3-5-7-10/h8-10,17H,2-7,16H2,1H3. The van der Waals surface area contributed by atoms with Crippen LogP contribution in [-0.4, -0.2) is 21.6 Å². The van der Waals surface area contributed by atoms with Crippen LogP contribution in [0.25, 0.3) is 0 Å². The Labute approximate surface area is 124 Å². The first-order chi connectivity index (χ1) is 9.94. The fourth-order valence-corrected chi connectivity index (χ4v) is 4.00. The van der Waals surface area contributed by atoms with Crippen LogP contribution in [0.5, 0.6) is 5.75 Å². The number of anilines is 1. The molecule has 0 heterocycles. The maximum atomic E-state index is 13.8. The van der Waals surface area contributed by atoms with E-state index >= 15 is 0 Å². The molecule has 0 aromatic heterocycles. The van der Waals surface area contributed by atoms with Crippen molar-refractivity contribution in [3.63, 3.8) is 0 Å². The molecule has 0 spiro atoms. The van der Waals surface area contributed by atoms with Crippen LogP contribution in [0.15, 0.2) is 17.0 Å². The Morgan fingerprint density at radius 2 is 1.86 bits per heavy atom. The molecule has 0 aliphatic heterocycles. The maximum Gasteiger partial charge on any atom is 0.241 e. The van der Waals surface area contributed by atoms with Gasteiger partial charge in [-0.1, -0.05) is 25.7 Å². The highest BCUT2D eigenvalue weighted by atomic mass is 32.2. The number of nitrogens with two attached hydrogens (primary N) is 1. The third-order valence-corrected chi connectivity index (χ3v) is 5.24. The number of nitrogen functional groups attached to an aromatic ring is 1. The van der Waals surface area contributed by atoms with E-state index in [9.17, 15) is 12.8 Å². The molecule has 5 nitrogen and oxygen atoms in total. The summed E-state index contributed by atoms with van der Waals surface area (Å²) in [7, 11) is -2.49. The Kier molecular flexibility index (Phi) is 5.05. The normalized spacial score (nSPS) is 17.4. The van der Waals surface area contributed by atoms with Gasteiger partial charge in [0.25, 0.3) is 0 Å². The minimum absolute atomic E-state index is 0.0289. The first-order valence-electron chi connectivity index (χ1n) is 7.09. The summed E-state index contributed by atoms with van der Waals surface area (Å²) in [5.41, 5.74) is 5.60. The van der Waals surface area contributed by atoms with Gasteiger partial charge >= 0.3 is 0 Å². The molecule has 21 heavy (non-hydrogen) atoms. The zero-order valence-electron chi connectivity index (χ0n) is 12.1. The van der Waals surface area contributed by atoms with Gasteiger partial charge in [-0.25, -0.2) is 17.5 Å². The SMILES string of the molecule is COc1c(N)cc(S(=O)(=O)NC2CCCCCC2)cc1F. The van der Waals surface area contributed by atoms with Crippen molar-refractivity contribution in [3.8, 4) is 5.75 Å². The highest BCUT2D eigenvalue weighted by Crippen LogP contribution is 2.29. The number of sulfonamides is 1. The van der Waals surface area contributed by atoms with Gasteiger partial charge in [0.05, 0.1) is 17.7 Å². The summed E-state index contributed by atoms with van der Waals surface area (Å²) in [4.78, 5) is -0.164. The molecule has 0 amide bonds. The molecule has 7 heteroatoms. The number of benzene rings is 1. The van der Waals surface area contributed by atoms with Gasteiger partial charge in [0, 0.05) is 6.04 Å². The molecule has 1 fully saturated rings. The van der Waals surface area contributed by atoms with E-state index < -0.39 is 15.8 Å². The minimum Gasteiger partial charge on any atom is -0.492 e. The van der Waals surface area contributed by atoms with Crippen molar-refractivity contribution in [2.24, 2.45) is 0 Å². The maximum absolute atomic E-state index is 13.8. The van der Waals surface area contributed by atoms with Crippen molar-refractivity contribution >= 4 is 15.7 Å². The summed E-state index contributed by atoms with van der Waals surface area (Å²) in [6.07, 6.45) is 5.89. The van der Waals surface area contributed by atoms with Crippen molar-refractivity contribution in [1.29, 1.82) is 0 Å². The number of rotatable bonds is 4. The van der Waals surface area contributed by atoms with Crippen LogP contribution in [0.1, 0.15) is 38.5 Å². The Morgan fingerprint density at radius 1 is 1.24 bits per heavy atom. The molecule has 3 N–H and O–H groups in total. The first kappa shape index (κ1) is 16.0. The summed E-state index contributed by atoms with van der Waals surface area (Å²) in [5.74, 6) is -0.915. The van der Waals surface area contributed by atoms with Crippen molar-refractivity contribution in [1.82, 2.24) is 4.72 Å². The Balaban J connectivity index is 2.22. The molecule has 1 saturated carbocycles. The van der Waals surface area contributed by atoms with E-state index in [1.54, 1.807) is 0 Å². The number of methoxy groups -OCH3 is 1. The van der Waals surface area contributed by atoms with Crippen LogP contribution in [0.3, 0.4) is 0 Å². The molecule has 1 aliphatic rings. The van der Waals surface area contributed by atoms with E-state index in [2.05, 4.69) is 4.72 Å². The van der Waals surface area contributed by atoms with E-state index in [1.807, 2.05) is 0 Å². The van der Waals surface area contributed by atoms with Gasteiger partial charge in [0.2, 0.25) is 10.0 Å². The smallest absolute Gasteiger partial charge is 0.241 e. The topological polar surface area (TPSA) is 81.4 Å². The number of nitrogens with one attached hydrogen (secondary N) is 1. The third-order valence-electron chi connectivity index (χ3n) is 3.74. The van der Waals surface area contributed by atoms with Crippen LogP contribution in [-0.2, 0) is 10.0 Å². The highest BCUT2D eigenvalue weighted by Gasteiger charge is 2.23. The summed E-state index contributed by atoms with van der Waals surface area (Å²) in [5, 5.41) is 0. The Hall–Kier alpha value is -1.34. The molecule has 0 atom stereocenters. The van der Waals surface area contributed by atoms with Gasteiger partial charge in [-0.05, 0) is 25.0 Å². The summed E-state index contributed by atoms with van der Waals surface area (Å²) in [6, 6.07) is 2.07. The molecule has 1 aromatic rings. The molecule has 0 unspecified atom stereocenters. The third kappa shape index (κ3) is 3.85. The van der Waals surface area contributed by atoms with Gasteiger partial charge < -0.3 is 10.5 Å². The minimum atomic E-state index is -3.77. The lowest BCUT2D eigenvalue weighted by molar-refractivity contribution is 0.388. The second-order valence-electron chi connectivity index (χ2n) is 5.34. The average molecular weight is 316 g/mol. The second-order valence-corrected chi connectivity index (χ2v) is 7.05. The lowest BCUT2D eigenvalue weighted by atomic mass is 10.1. The Bertz CT molecular complexity index is 573. The predicted octanol–water partition coefficient (Wildman–Crippen LogP) is 2.42. The average Bonchev–Trinajstić information content (AvgIpc) is 2.66. The molecule has 0 saturated heterocycles. The first-order valence-corrected chi connectivity index (χ1v) is 8.57. The van der Waals surface area contributed by atoms with E-state index in [4.69, 9.17) is 10.5 Å². The fourth-order valence-electron chi connectivity index (χ4n) is 2.64. The van der Waals surface area contributed by atoms with Gasteiger partial charge in [-0.3, -0.25) is 0 Å². The van der Waals surface area contributed by atoms with E-state index in [-0.39, 0.29) is 22.4 Å². The largest absolute Gasteiger partial charge is 0.492 e. The zero-order chi connectivity index (χ0) is 15.5. The predicted molar refractivity (Wildman–Crippen MR) is 79.2 cm³/mol.